The third-order valence-electron chi connectivity index (χ3n) is 4.57. The number of carbonyl (C=O) groups excluding carboxylic acids is 2. The molecule has 2 amide bonds. The number of anilines is 1. The van der Waals surface area contributed by atoms with Crippen LogP contribution in [0.5, 0.6) is 0 Å². The maximum atomic E-state index is 12.8. The summed E-state index contributed by atoms with van der Waals surface area (Å²) >= 11 is 6.13. The number of nitrogens with zero attached hydrogens (tertiary/aromatic N) is 1. The van der Waals surface area contributed by atoms with Gasteiger partial charge in [0.2, 0.25) is 21.8 Å². The average molecular weight is 402 g/mol. The van der Waals surface area contributed by atoms with E-state index in [1.807, 2.05) is 0 Å². The van der Waals surface area contributed by atoms with Gasteiger partial charge in [0, 0.05) is 26.1 Å². The summed E-state index contributed by atoms with van der Waals surface area (Å²) in [5.41, 5.74) is -0.703. The van der Waals surface area contributed by atoms with Crippen LogP contribution in [0.1, 0.15) is 13.3 Å². The maximum Gasteiger partial charge on any atom is 0.243 e. The van der Waals surface area contributed by atoms with Gasteiger partial charge in [0.05, 0.1) is 34.2 Å². The Kier molecular flexibility index (Phi) is 5.25. The van der Waals surface area contributed by atoms with Gasteiger partial charge in [-0.1, -0.05) is 11.6 Å². The third-order valence-corrected chi connectivity index (χ3v) is 6.79. The lowest BCUT2D eigenvalue weighted by Crippen LogP contribution is -2.40. The SMILES string of the molecule is CC1(C(=O)Nc2cc(S(=O)(=O)N3CCOCC3)ccc2Cl)CNC(=O)C1. The molecule has 0 saturated carbocycles. The molecule has 2 fully saturated rings. The molecule has 0 radical (unpaired) electrons. The van der Waals surface area contributed by atoms with Crippen molar-refractivity contribution in [1.29, 1.82) is 0 Å². The number of hydrogen-bond acceptors (Lipinski definition) is 5. The molecular weight excluding hydrogens is 382 g/mol. The van der Waals surface area contributed by atoms with E-state index in [9.17, 15) is 18.0 Å². The Balaban J connectivity index is 1.84. The van der Waals surface area contributed by atoms with Crippen LogP contribution in [0.2, 0.25) is 5.02 Å². The maximum absolute atomic E-state index is 12.8. The van der Waals surface area contributed by atoms with Crippen molar-refractivity contribution in [2.24, 2.45) is 5.41 Å². The molecule has 2 heterocycles. The minimum Gasteiger partial charge on any atom is -0.379 e. The molecule has 0 aromatic heterocycles. The van der Waals surface area contributed by atoms with Crippen LogP contribution >= 0.6 is 11.6 Å². The van der Waals surface area contributed by atoms with Crippen LogP contribution in [-0.4, -0.2) is 57.4 Å². The first kappa shape index (κ1) is 19.1. The van der Waals surface area contributed by atoms with Crippen LogP contribution in [0, 0.1) is 5.41 Å². The lowest BCUT2D eigenvalue weighted by molar-refractivity contribution is -0.126. The molecule has 1 unspecified atom stereocenters. The number of hydrogen-bond donors (Lipinski definition) is 2. The fourth-order valence-corrected chi connectivity index (χ4v) is 4.50. The lowest BCUT2D eigenvalue weighted by Gasteiger charge is -2.26. The van der Waals surface area contributed by atoms with E-state index in [0.29, 0.717) is 13.2 Å². The van der Waals surface area contributed by atoms with Gasteiger partial charge in [0.25, 0.3) is 0 Å². The first-order chi connectivity index (χ1) is 12.2. The number of sulfonamides is 1. The molecule has 10 heteroatoms. The largest absolute Gasteiger partial charge is 0.379 e. The van der Waals surface area contributed by atoms with Crippen LogP contribution in [0.25, 0.3) is 0 Å². The van der Waals surface area contributed by atoms with Gasteiger partial charge in [-0.15, -0.1) is 0 Å². The number of amides is 2. The highest BCUT2D eigenvalue weighted by atomic mass is 35.5. The molecule has 0 bridgehead atoms. The summed E-state index contributed by atoms with van der Waals surface area (Å²) in [4.78, 5) is 24.0. The Morgan fingerprint density at radius 1 is 1.35 bits per heavy atom. The quantitative estimate of drug-likeness (QED) is 0.777. The van der Waals surface area contributed by atoms with E-state index >= 15 is 0 Å². The number of carbonyl (C=O) groups is 2. The van der Waals surface area contributed by atoms with E-state index in [4.69, 9.17) is 16.3 Å². The van der Waals surface area contributed by atoms with Gasteiger partial charge >= 0.3 is 0 Å². The molecule has 26 heavy (non-hydrogen) atoms. The van der Waals surface area contributed by atoms with Crippen molar-refractivity contribution >= 4 is 39.1 Å². The van der Waals surface area contributed by atoms with Crippen molar-refractivity contribution < 1.29 is 22.7 Å². The summed E-state index contributed by atoms with van der Waals surface area (Å²) in [7, 11) is -3.70. The smallest absolute Gasteiger partial charge is 0.243 e. The van der Waals surface area contributed by atoms with Crippen LogP contribution < -0.4 is 10.6 Å². The Bertz CT molecular complexity index is 838. The van der Waals surface area contributed by atoms with E-state index in [0.717, 1.165) is 0 Å². The van der Waals surface area contributed by atoms with Crippen molar-refractivity contribution in [3.8, 4) is 0 Å². The van der Waals surface area contributed by atoms with Crippen LogP contribution in [0.15, 0.2) is 23.1 Å². The summed E-state index contributed by atoms with van der Waals surface area (Å²) in [6.45, 7) is 3.13. The normalized spacial score (nSPS) is 24.3. The number of benzene rings is 1. The number of ether oxygens (including phenoxy) is 1. The Morgan fingerprint density at radius 2 is 2.04 bits per heavy atom. The first-order valence-electron chi connectivity index (χ1n) is 8.18. The zero-order valence-electron chi connectivity index (χ0n) is 14.2. The average Bonchev–Trinajstić information content (AvgIpc) is 2.97. The topological polar surface area (TPSA) is 105 Å². The highest BCUT2D eigenvalue weighted by molar-refractivity contribution is 7.89. The molecule has 2 N–H and O–H groups in total. The second kappa shape index (κ2) is 7.15. The summed E-state index contributed by atoms with van der Waals surface area (Å²) < 4.78 is 32.0. The third kappa shape index (κ3) is 3.71. The fraction of sp³-hybridized carbons (Fsp3) is 0.500. The molecule has 8 nitrogen and oxygen atoms in total. The van der Waals surface area contributed by atoms with Crippen LogP contribution in [-0.2, 0) is 24.3 Å². The first-order valence-corrected chi connectivity index (χ1v) is 10.00. The molecule has 3 rings (SSSR count). The predicted octanol–water partition coefficient (Wildman–Crippen LogP) is 0.826. The number of morpholine rings is 1. The molecule has 2 aliphatic rings. The molecule has 0 spiro atoms. The lowest BCUT2D eigenvalue weighted by atomic mass is 9.88. The van der Waals surface area contributed by atoms with Gasteiger partial charge in [0.15, 0.2) is 0 Å². The van der Waals surface area contributed by atoms with E-state index in [-0.39, 0.29) is 47.6 Å². The van der Waals surface area contributed by atoms with Crippen LogP contribution in [0.4, 0.5) is 5.69 Å². The molecule has 1 aromatic carbocycles. The molecule has 2 saturated heterocycles. The number of rotatable bonds is 4. The summed E-state index contributed by atoms with van der Waals surface area (Å²) in [5, 5.41) is 5.50. The van der Waals surface area contributed by atoms with E-state index in [1.54, 1.807) is 6.92 Å². The summed E-state index contributed by atoms with van der Waals surface area (Å²) in [6.07, 6.45) is 0.0716. The number of halogens is 1. The zero-order chi connectivity index (χ0) is 18.9. The molecule has 2 aliphatic heterocycles. The molecule has 1 atom stereocenters. The fourth-order valence-electron chi connectivity index (χ4n) is 2.90. The zero-order valence-corrected chi connectivity index (χ0v) is 15.8. The molecule has 142 valence electrons. The Hall–Kier alpha value is -1.68. The predicted molar refractivity (Wildman–Crippen MR) is 95.4 cm³/mol. The van der Waals surface area contributed by atoms with Crippen molar-refractivity contribution in [2.75, 3.05) is 38.2 Å². The van der Waals surface area contributed by atoms with Crippen molar-refractivity contribution in [3.63, 3.8) is 0 Å². The molecule has 0 aliphatic carbocycles. The van der Waals surface area contributed by atoms with Gasteiger partial charge in [-0.25, -0.2) is 8.42 Å². The Labute approximate surface area is 156 Å². The van der Waals surface area contributed by atoms with Gasteiger partial charge in [-0.2, -0.15) is 4.31 Å². The van der Waals surface area contributed by atoms with Crippen molar-refractivity contribution in [1.82, 2.24) is 9.62 Å². The van der Waals surface area contributed by atoms with Gasteiger partial charge < -0.3 is 15.4 Å². The Morgan fingerprint density at radius 3 is 2.65 bits per heavy atom. The summed E-state index contributed by atoms with van der Waals surface area (Å²) in [6, 6.07) is 4.19. The van der Waals surface area contributed by atoms with Gasteiger partial charge in [0.1, 0.15) is 0 Å². The summed E-state index contributed by atoms with van der Waals surface area (Å²) in [5.74, 6) is -0.587. The monoisotopic (exact) mass is 401 g/mol. The molecule has 1 aromatic rings. The minimum atomic E-state index is -3.70. The second-order valence-electron chi connectivity index (χ2n) is 6.63. The second-order valence-corrected chi connectivity index (χ2v) is 8.97. The van der Waals surface area contributed by atoms with E-state index in [2.05, 4.69) is 10.6 Å². The van der Waals surface area contributed by atoms with E-state index in [1.165, 1.54) is 22.5 Å². The van der Waals surface area contributed by atoms with Crippen molar-refractivity contribution in [2.45, 2.75) is 18.2 Å². The van der Waals surface area contributed by atoms with E-state index < -0.39 is 21.3 Å². The minimum absolute atomic E-state index is 0.0462. The van der Waals surface area contributed by atoms with Crippen molar-refractivity contribution in [3.05, 3.63) is 23.2 Å². The highest BCUT2D eigenvalue weighted by Gasteiger charge is 2.41. The van der Waals surface area contributed by atoms with Gasteiger partial charge in [-0.05, 0) is 25.1 Å². The number of nitrogens with one attached hydrogen (secondary N) is 2. The van der Waals surface area contributed by atoms with Crippen LogP contribution in [0.3, 0.4) is 0 Å². The standard InChI is InChI=1S/C16H20ClN3O5S/c1-16(9-14(21)18-10-16)15(22)19-13-8-11(2-3-12(13)17)26(23,24)20-4-6-25-7-5-20/h2-3,8H,4-7,9-10H2,1H3,(H,18,21)(H,19,22). The van der Waals surface area contributed by atoms with Gasteiger partial charge in [-0.3, -0.25) is 9.59 Å². The highest BCUT2D eigenvalue weighted by Crippen LogP contribution is 2.31. The molecular formula is C16H20ClN3O5S.